The fraction of sp³-hybridized carbons (Fsp3) is 0.318. The topological polar surface area (TPSA) is 85.1 Å². The number of methoxy groups -OCH3 is 2. The Morgan fingerprint density at radius 1 is 1.00 bits per heavy atom. The van der Waals surface area contributed by atoms with E-state index in [0.717, 1.165) is 5.56 Å². The van der Waals surface area contributed by atoms with E-state index in [-0.39, 0.29) is 4.90 Å². The van der Waals surface area contributed by atoms with Crippen LogP contribution in [0.1, 0.15) is 5.89 Å². The molecule has 1 aliphatic rings. The van der Waals surface area contributed by atoms with Crippen LogP contribution in [0.3, 0.4) is 0 Å². The van der Waals surface area contributed by atoms with Crippen molar-refractivity contribution < 1.29 is 22.3 Å². The number of ether oxygens (including phenoxy) is 2. The Balaban J connectivity index is 1.38. The highest BCUT2D eigenvalue weighted by atomic mass is 35.5. The molecule has 0 bridgehead atoms. The van der Waals surface area contributed by atoms with Gasteiger partial charge in [-0.3, -0.25) is 4.90 Å². The molecule has 1 aliphatic heterocycles. The average Bonchev–Trinajstić information content (AvgIpc) is 3.27. The minimum atomic E-state index is -3.63. The SMILES string of the molecule is COc1ccc(S(=O)(=O)N2CCN(Cc3ncc(-c4ccc(Cl)cc4)o3)CC2)cc1OC. The summed E-state index contributed by atoms with van der Waals surface area (Å²) in [7, 11) is -0.638. The van der Waals surface area contributed by atoms with Crippen molar-refractivity contribution in [2.24, 2.45) is 0 Å². The average molecular weight is 478 g/mol. The fourth-order valence-corrected chi connectivity index (χ4v) is 5.14. The molecule has 1 aromatic heterocycles. The Kier molecular flexibility index (Phi) is 6.71. The van der Waals surface area contributed by atoms with Crippen LogP contribution in [0.25, 0.3) is 11.3 Å². The molecule has 0 amide bonds. The van der Waals surface area contributed by atoms with E-state index in [1.165, 1.54) is 30.7 Å². The van der Waals surface area contributed by atoms with Crippen molar-refractivity contribution in [3.8, 4) is 22.8 Å². The predicted octanol–water partition coefficient (Wildman–Crippen LogP) is 3.52. The lowest BCUT2D eigenvalue weighted by molar-refractivity contribution is 0.168. The molecule has 2 aromatic carbocycles. The first kappa shape index (κ1) is 22.6. The quantitative estimate of drug-likeness (QED) is 0.514. The number of nitrogens with zero attached hydrogens (tertiary/aromatic N) is 3. The molecule has 0 N–H and O–H groups in total. The molecule has 3 aromatic rings. The molecule has 0 atom stereocenters. The van der Waals surface area contributed by atoms with Crippen molar-refractivity contribution >= 4 is 21.6 Å². The number of rotatable bonds is 7. The molecule has 0 unspecified atom stereocenters. The van der Waals surface area contributed by atoms with Crippen LogP contribution in [-0.2, 0) is 16.6 Å². The molecule has 32 heavy (non-hydrogen) atoms. The third-order valence-corrected chi connectivity index (χ3v) is 7.51. The number of benzene rings is 2. The monoisotopic (exact) mass is 477 g/mol. The van der Waals surface area contributed by atoms with Crippen molar-refractivity contribution in [2.75, 3.05) is 40.4 Å². The summed E-state index contributed by atoms with van der Waals surface area (Å²) in [5.74, 6) is 2.13. The second-order valence-electron chi connectivity index (χ2n) is 7.32. The minimum Gasteiger partial charge on any atom is -0.493 e. The summed E-state index contributed by atoms with van der Waals surface area (Å²) < 4.78 is 43.9. The zero-order chi connectivity index (χ0) is 22.7. The maximum atomic E-state index is 13.1. The summed E-state index contributed by atoms with van der Waals surface area (Å²) in [5.41, 5.74) is 0.902. The smallest absolute Gasteiger partial charge is 0.243 e. The van der Waals surface area contributed by atoms with Crippen LogP contribution in [0.15, 0.2) is 58.0 Å². The van der Waals surface area contributed by atoms with Crippen molar-refractivity contribution in [1.29, 1.82) is 0 Å². The van der Waals surface area contributed by atoms with E-state index >= 15 is 0 Å². The molecule has 0 spiro atoms. The maximum absolute atomic E-state index is 13.1. The summed E-state index contributed by atoms with van der Waals surface area (Å²) in [6.07, 6.45) is 1.69. The fourth-order valence-electron chi connectivity index (χ4n) is 3.58. The van der Waals surface area contributed by atoms with Gasteiger partial charge in [-0.05, 0) is 36.4 Å². The highest BCUT2D eigenvalue weighted by Gasteiger charge is 2.29. The summed E-state index contributed by atoms with van der Waals surface area (Å²) in [5, 5.41) is 0.661. The van der Waals surface area contributed by atoms with Gasteiger partial charge in [0.15, 0.2) is 17.3 Å². The molecular formula is C22H24ClN3O5S. The molecule has 4 rings (SSSR count). The lowest BCUT2D eigenvalue weighted by Gasteiger charge is -2.33. The highest BCUT2D eigenvalue weighted by Crippen LogP contribution is 2.31. The summed E-state index contributed by atoms with van der Waals surface area (Å²) in [6.45, 7) is 2.41. The van der Waals surface area contributed by atoms with Crippen molar-refractivity contribution in [3.63, 3.8) is 0 Å². The normalized spacial score (nSPS) is 15.6. The van der Waals surface area contributed by atoms with E-state index in [2.05, 4.69) is 9.88 Å². The number of aromatic nitrogens is 1. The molecule has 1 fully saturated rings. The van der Waals surface area contributed by atoms with Gasteiger partial charge in [-0.15, -0.1) is 0 Å². The third-order valence-electron chi connectivity index (χ3n) is 5.37. The van der Waals surface area contributed by atoms with Gasteiger partial charge >= 0.3 is 0 Å². The molecule has 2 heterocycles. The van der Waals surface area contributed by atoms with Gasteiger partial charge in [0.2, 0.25) is 15.9 Å². The Hall–Kier alpha value is -2.59. The molecule has 0 saturated carbocycles. The highest BCUT2D eigenvalue weighted by molar-refractivity contribution is 7.89. The molecule has 0 radical (unpaired) electrons. The van der Waals surface area contributed by atoms with E-state index in [4.69, 9.17) is 25.5 Å². The van der Waals surface area contributed by atoms with Gasteiger partial charge in [0, 0.05) is 42.8 Å². The minimum absolute atomic E-state index is 0.184. The van der Waals surface area contributed by atoms with Crippen LogP contribution in [0.2, 0.25) is 5.02 Å². The zero-order valence-corrected chi connectivity index (χ0v) is 19.4. The predicted molar refractivity (Wildman–Crippen MR) is 121 cm³/mol. The summed E-state index contributed by atoms with van der Waals surface area (Å²) in [6, 6.07) is 12.0. The van der Waals surface area contributed by atoms with E-state index < -0.39 is 10.0 Å². The van der Waals surface area contributed by atoms with Gasteiger partial charge in [-0.25, -0.2) is 13.4 Å². The van der Waals surface area contributed by atoms with Crippen LogP contribution < -0.4 is 9.47 Å². The van der Waals surface area contributed by atoms with Gasteiger partial charge in [-0.2, -0.15) is 4.31 Å². The maximum Gasteiger partial charge on any atom is 0.243 e. The first-order valence-electron chi connectivity index (χ1n) is 10.1. The number of oxazole rings is 1. The number of halogens is 1. The molecule has 8 nitrogen and oxygen atoms in total. The van der Waals surface area contributed by atoms with Crippen molar-refractivity contribution in [2.45, 2.75) is 11.4 Å². The van der Waals surface area contributed by atoms with E-state index in [9.17, 15) is 8.42 Å². The first-order valence-corrected chi connectivity index (χ1v) is 11.9. The molecule has 170 valence electrons. The Bertz CT molecular complexity index is 1170. The Morgan fingerprint density at radius 3 is 2.34 bits per heavy atom. The van der Waals surface area contributed by atoms with Gasteiger partial charge in [-0.1, -0.05) is 11.6 Å². The van der Waals surface area contributed by atoms with Crippen LogP contribution in [0.5, 0.6) is 11.5 Å². The lowest BCUT2D eigenvalue weighted by atomic mass is 10.2. The molecule has 0 aliphatic carbocycles. The van der Waals surface area contributed by atoms with Crippen LogP contribution in [0, 0.1) is 0 Å². The second-order valence-corrected chi connectivity index (χ2v) is 9.70. The van der Waals surface area contributed by atoms with Crippen molar-refractivity contribution in [3.05, 3.63) is 59.6 Å². The number of piperazine rings is 1. The molecular weight excluding hydrogens is 454 g/mol. The molecule has 10 heteroatoms. The van der Waals surface area contributed by atoms with Gasteiger partial charge in [0.25, 0.3) is 0 Å². The van der Waals surface area contributed by atoms with Crippen LogP contribution >= 0.6 is 11.6 Å². The van der Waals surface area contributed by atoms with Gasteiger partial charge in [0.1, 0.15) is 0 Å². The summed E-state index contributed by atoms with van der Waals surface area (Å²) >= 11 is 5.93. The lowest BCUT2D eigenvalue weighted by Crippen LogP contribution is -2.48. The van der Waals surface area contributed by atoms with Gasteiger partial charge in [0.05, 0.1) is 31.9 Å². The van der Waals surface area contributed by atoms with E-state index in [0.29, 0.717) is 60.9 Å². The van der Waals surface area contributed by atoms with Crippen molar-refractivity contribution in [1.82, 2.24) is 14.2 Å². The standard InChI is InChI=1S/C22H24ClN3O5S/c1-29-19-8-7-18(13-20(19)30-2)32(27,28)26-11-9-25(10-12-26)15-22-24-14-21(31-22)16-3-5-17(23)6-4-16/h3-8,13-14H,9-12,15H2,1-2H3. The largest absolute Gasteiger partial charge is 0.493 e. The zero-order valence-electron chi connectivity index (χ0n) is 17.8. The van der Waals surface area contributed by atoms with E-state index in [1.54, 1.807) is 24.4 Å². The number of hydrogen-bond acceptors (Lipinski definition) is 7. The number of sulfonamides is 1. The first-order chi connectivity index (χ1) is 15.4. The summed E-state index contributed by atoms with van der Waals surface area (Å²) in [4.78, 5) is 6.67. The van der Waals surface area contributed by atoms with E-state index in [1.807, 2.05) is 12.1 Å². The number of hydrogen-bond donors (Lipinski definition) is 0. The Labute approximate surface area is 192 Å². The second kappa shape index (κ2) is 9.50. The third kappa shape index (κ3) is 4.75. The van der Waals surface area contributed by atoms with Gasteiger partial charge < -0.3 is 13.9 Å². The molecule has 1 saturated heterocycles. The Morgan fingerprint density at radius 2 is 1.69 bits per heavy atom. The van der Waals surface area contributed by atoms with Crippen LogP contribution in [0.4, 0.5) is 0 Å². The van der Waals surface area contributed by atoms with Crippen LogP contribution in [-0.4, -0.2) is 63.0 Å².